The highest BCUT2D eigenvalue weighted by atomic mass is 16.5. The van der Waals surface area contributed by atoms with Gasteiger partial charge in [0.1, 0.15) is 0 Å². The molecule has 0 aromatic heterocycles. The molecule has 1 aliphatic rings. The third-order valence-corrected chi connectivity index (χ3v) is 4.47. The number of nitrogens with zero attached hydrogens (tertiary/aromatic N) is 2. The van der Waals surface area contributed by atoms with Gasteiger partial charge in [-0.3, -0.25) is 9.69 Å². The molecule has 1 aliphatic heterocycles. The molecule has 0 radical (unpaired) electrons. The molecule has 4 heteroatoms. The van der Waals surface area contributed by atoms with Gasteiger partial charge < -0.3 is 9.64 Å². The zero-order chi connectivity index (χ0) is 16.8. The summed E-state index contributed by atoms with van der Waals surface area (Å²) in [7, 11) is 1.90. The van der Waals surface area contributed by atoms with Crippen molar-refractivity contribution in [3.05, 3.63) is 71.8 Å². The zero-order valence-electron chi connectivity index (χ0n) is 14.1. The number of benzene rings is 2. The quantitative estimate of drug-likeness (QED) is 0.847. The van der Waals surface area contributed by atoms with E-state index in [1.54, 1.807) is 0 Å². The van der Waals surface area contributed by atoms with E-state index in [1.165, 1.54) is 0 Å². The largest absolute Gasteiger partial charge is 0.379 e. The van der Waals surface area contributed by atoms with Crippen molar-refractivity contribution in [2.45, 2.75) is 6.04 Å². The fourth-order valence-electron chi connectivity index (χ4n) is 3.12. The van der Waals surface area contributed by atoms with Crippen molar-refractivity contribution in [1.82, 2.24) is 9.80 Å². The fourth-order valence-corrected chi connectivity index (χ4v) is 3.12. The molecule has 0 unspecified atom stereocenters. The van der Waals surface area contributed by atoms with E-state index in [4.69, 9.17) is 4.74 Å². The Morgan fingerprint density at radius 3 is 2.00 bits per heavy atom. The van der Waals surface area contributed by atoms with Crippen molar-refractivity contribution in [3.63, 3.8) is 0 Å². The summed E-state index contributed by atoms with van der Waals surface area (Å²) >= 11 is 0. The third kappa shape index (κ3) is 4.02. The molecule has 0 N–H and O–H groups in total. The summed E-state index contributed by atoms with van der Waals surface area (Å²) in [6, 6.07) is 20.3. The van der Waals surface area contributed by atoms with Gasteiger partial charge in [0.2, 0.25) is 5.91 Å². The predicted molar refractivity (Wildman–Crippen MR) is 94.8 cm³/mol. The summed E-state index contributed by atoms with van der Waals surface area (Å²) in [4.78, 5) is 16.9. The number of morpholine rings is 1. The van der Waals surface area contributed by atoms with Gasteiger partial charge in [-0.25, -0.2) is 0 Å². The second-order valence-corrected chi connectivity index (χ2v) is 6.12. The van der Waals surface area contributed by atoms with E-state index < -0.39 is 0 Å². The van der Waals surface area contributed by atoms with Crippen molar-refractivity contribution >= 4 is 5.91 Å². The molecule has 24 heavy (non-hydrogen) atoms. The molecule has 1 amide bonds. The molecular formula is C20H24N2O2. The highest BCUT2D eigenvalue weighted by molar-refractivity contribution is 5.79. The molecule has 126 valence electrons. The predicted octanol–water partition coefficient (Wildman–Crippen LogP) is 2.57. The Morgan fingerprint density at radius 1 is 1.00 bits per heavy atom. The first-order valence-electron chi connectivity index (χ1n) is 8.41. The van der Waals surface area contributed by atoms with Crippen molar-refractivity contribution < 1.29 is 9.53 Å². The van der Waals surface area contributed by atoms with E-state index >= 15 is 0 Å². The lowest BCUT2D eigenvalue weighted by Crippen LogP contribution is -2.44. The highest BCUT2D eigenvalue weighted by Gasteiger charge is 2.25. The van der Waals surface area contributed by atoms with Crippen molar-refractivity contribution in [1.29, 1.82) is 0 Å². The minimum Gasteiger partial charge on any atom is -0.379 e. The van der Waals surface area contributed by atoms with Gasteiger partial charge in [0.05, 0.1) is 25.8 Å². The van der Waals surface area contributed by atoms with Crippen molar-refractivity contribution in [2.75, 3.05) is 39.9 Å². The average molecular weight is 324 g/mol. The number of rotatable bonds is 5. The van der Waals surface area contributed by atoms with Crippen LogP contribution in [0, 0.1) is 0 Å². The van der Waals surface area contributed by atoms with E-state index in [2.05, 4.69) is 29.2 Å². The molecule has 4 nitrogen and oxygen atoms in total. The first-order chi connectivity index (χ1) is 11.8. The SMILES string of the molecule is CN(C(=O)CN1CCOCC1)C(c1ccccc1)c1ccccc1. The molecule has 0 atom stereocenters. The number of carbonyl (C=O) groups is 1. The molecule has 0 spiro atoms. The van der Waals surface area contributed by atoms with Crippen LogP contribution in [0.1, 0.15) is 17.2 Å². The van der Waals surface area contributed by atoms with Crippen LogP contribution in [-0.2, 0) is 9.53 Å². The lowest BCUT2D eigenvalue weighted by Gasteiger charge is -2.32. The summed E-state index contributed by atoms with van der Waals surface area (Å²) in [6.07, 6.45) is 0. The monoisotopic (exact) mass is 324 g/mol. The molecule has 0 aliphatic carbocycles. The lowest BCUT2D eigenvalue weighted by atomic mass is 9.97. The maximum absolute atomic E-state index is 12.8. The van der Waals surface area contributed by atoms with Crippen LogP contribution in [0.4, 0.5) is 0 Å². The summed E-state index contributed by atoms with van der Waals surface area (Å²) in [5.41, 5.74) is 2.25. The second-order valence-electron chi connectivity index (χ2n) is 6.12. The van der Waals surface area contributed by atoms with E-state index in [1.807, 2.05) is 48.3 Å². The standard InChI is InChI=1S/C20H24N2O2/c1-21(19(23)16-22-12-14-24-15-13-22)20(17-8-4-2-5-9-17)18-10-6-3-7-11-18/h2-11,20H,12-16H2,1H3. The lowest BCUT2D eigenvalue weighted by molar-refractivity contribution is -0.133. The van der Waals surface area contributed by atoms with Crippen LogP contribution in [0.5, 0.6) is 0 Å². The topological polar surface area (TPSA) is 32.8 Å². The summed E-state index contributed by atoms with van der Waals surface area (Å²) < 4.78 is 5.36. The maximum Gasteiger partial charge on any atom is 0.237 e. The Hall–Kier alpha value is -2.17. The molecule has 1 fully saturated rings. The molecule has 3 rings (SSSR count). The van der Waals surface area contributed by atoms with Crippen molar-refractivity contribution in [3.8, 4) is 0 Å². The van der Waals surface area contributed by atoms with Gasteiger partial charge in [0.15, 0.2) is 0 Å². The summed E-state index contributed by atoms with van der Waals surface area (Å²) in [5, 5.41) is 0. The van der Waals surface area contributed by atoms with Gasteiger partial charge in [-0.05, 0) is 11.1 Å². The average Bonchev–Trinajstić information content (AvgIpc) is 2.64. The van der Waals surface area contributed by atoms with E-state index in [-0.39, 0.29) is 11.9 Å². The third-order valence-electron chi connectivity index (χ3n) is 4.47. The minimum atomic E-state index is -0.0686. The van der Waals surface area contributed by atoms with Gasteiger partial charge in [0, 0.05) is 20.1 Å². The summed E-state index contributed by atoms with van der Waals surface area (Å²) in [5.74, 6) is 0.134. The van der Waals surface area contributed by atoms with Crippen LogP contribution in [0.3, 0.4) is 0 Å². The number of likely N-dealkylation sites (N-methyl/N-ethyl adjacent to an activating group) is 1. The van der Waals surface area contributed by atoms with E-state index in [9.17, 15) is 4.79 Å². The number of hydrogen-bond acceptors (Lipinski definition) is 3. The van der Waals surface area contributed by atoms with Crippen LogP contribution >= 0.6 is 0 Å². The van der Waals surface area contributed by atoms with Crippen LogP contribution in [0.25, 0.3) is 0 Å². The summed E-state index contributed by atoms with van der Waals surface area (Å²) in [6.45, 7) is 3.49. The minimum absolute atomic E-state index is 0.0686. The van der Waals surface area contributed by atoms with Gasteiger partial charge in [-0.15, -0.1) is 0 Å². The molecule has 2 aromatic carbocycles. The smallest absolute Gasteiger partial charge is 0.237 e. The Labute approximate surface area is 143 Å². The Balaban J connectivity index is 1.80. The molecular weight excluding hydrogens is 300 g/mol. The van der Waals surface area contributed by atoms with Crippen LogP contribution in [0.2, 0.25) is 0 Å². The van der Waals surface area contributed by atoms with Gasteiger partial charge in [-0.1, -0.05) is 60.7 Å². The molecule has 0 bridgehead atoms. The van der Waals surface area contributed by atoms with Gasteiger partial charge in [0.25, 0.3) is 0 Å². The van der Waals surface area contributed by atoms with Crippen LogP contribution in [-0.4, -0.2) is 55.6 Å². The maximum atomic E-state index is 12.8. The number of ether oxygens (including phenoxy) is 1. The Kier molecular flexibility index (Phi) is 5.62. The van der Waals surface area contributed by atoms with Crippen LogP contribution in [0.15, 0.2) is 60.7 Å². The first kappa shape index (κ1) is 16.7. The molecule has 2 aromatic rings. The molecule has 1 heterocycles. The fraction of sp³-hybridized carbons (Fsp3) is 0.350. The van der Waals surface area contributed by atoms with Gasteiger partial charge >= 0.3 is 0 Å². The molecule has 1 saturated heterocycles. The van der Waals surface area contributed by atoms with E-state index in [0.29, 0.717) is 19.8 Å². The Bertz CT molecular complexity index is 600. The number of amides is 1. The van der Waals surface area contributed by atoms with Crippen LogP contribution < -0.4 is 0 Å². The number of carbonyl (C=O) groups excluding carboxylic acids is 1. The molecule has 0 saturated carbocycles. The Morgan fingerprint density at radius 2 is 1.50 bits per heavy atom. The zero-order valence-corrected chi connectivity index (χ0v) is 14.1. The number of hydrogen-bond donors (Lipinski definition) is 0. The van der Waals surface area contributed by atoms with E-state index in [0.717, 1.165) is 24.2 Å². The van der Waals surface area contributed by atoms with Crippen molar-refractivity contribution in [2.24, 2.45) is 0 Å². The highest BCUT2D eigenvalue weighted by Crippen LogP contribution is 2.27. The first-order valence-corrected chi connectivity index (χ1v) is 8.41. The normalized spacial score (nSPS) is 15.4. The second kappa shape index (κ2) is 8.08. The van der Waals surface area contributed by atoms with Gasteiger partial charge in [-0.2, -0.15) is 0 Å².